The van der Waals surface area contributed by atoms with Gasteiger partial charge in [-0.05, 0) is 12.1 Å². The highest BCUT2D eigenvalue weighted by atomic mass is 35.5. The normalized spacial score (nSPS) is 17.3. The van der Waals surface area contributed by atoms with Crippen LogP contribution in [-0.4, -0.2) is 31.0 Å². The van der Waals surface area contributed by atoms with Gasteiger partial charge in [0.15, 0.2) is 0 Å². The van der Waals surface area contributed by atoms with Gasteiger partial charge in [0.05, 0.1) is 18.3 Å². The van der Waals surface area contributed by atoms with Gasteiger partial charge in [0.25, 0.3) is 0 Å². The number of carbonyl (C=O) groups excluding carboxylic acids is 1. The van der Waals surface area contributed by atoms with Gasteiger partial charge in [-0.15, -0.1) is 0 Å². The molecule has 6 heteroatoms. The third-order valence-electron chi connectivity index (χ3n) is 2.59. The number of carbonyl (C=O) groups is 1. The van der Waals surface area contributed by atoms with E-state index in [9.17, 15) is 4.79 Å². The SMILES string of the molecule is C=CCOC(=O)NC1CNN=C1c1ccc(Cl)cc1. The van der Waals surface area contributed by atoms with Crippen molar-refractivity contribution in [2.75, 3.05) is 13.2 Å². The van der Waals surface area contributed by atoms with Crippen LogP contribution in [0.5, 0.6) is 0 Å². The van der Waals surface area contributed by atoms with Crippen LogP contribution in [0.3, 0.4) is 0 Å². The Bertz CT molecular complexity index is 499. The second kappa shape index (κ2) is 6.24. The van der Waals surface area contributed by atoms with Crippen molar-refractivity contribution < 1.29 is 9.53 Å². The van der Waals surface area contributed by atoms with E-state index >= 15 is 0 Å². The van der Waals surface area contributed by atoms with Crippen LogP contribution in [0.1, 0.15) is 5.56 Å². The number of ether oxygens (including phenoxy) is 1. The highest BCUT2D eigenvalue weighted by molar-refractivity contribution is 6.30. The molecule has 1 unspecified atom stereocenters. The van der Waals surface area contributed by atoms with Crippen LogP contribution in [0, 0.1) is 0 Å². The van der Waals surface area contributed by atoms with Crippen molar-refractivity contribution in [3.8, 4) is 0 Å². The fourth-order valence-corrected chi connectivity index (χ4v) is 1.85. The van der Waals surface area contributed by atoms with Crippen LogP contribution in [0.4, 0.5) is 4.79 Å². The molecule has 0 radical (unpaired) electrons. The Morgan fingerprint density at radius 2 is 2.32 bits per heavy atom. The summed E-state index contributed by atoms with van der Waals surface area (Å²) in [7, 11) is 0. The molecule has 0 saturated carbocycles. The minimum absolute atomic E-state index is 0.180. The average molecular weight is 280 g/mol. The Labute approximate surface area is 116 Å². The van der Waals surface area contributed by atoms with Gasteiger partial charge in [-0.3, -0.25) is 0 Å². The molecule has 1 aromatic carbocycles. The number of rotatable bonds is 4. The first-order valence-electron chi connectivity index (χ1n) is 5.81. The van der Waals surface area contributed by atoms with Crippen LogP contribution < -0.4 is 10.7 Å². The smallest absolute Gasteiger partial charge is 0.408 e. The molecule has 2 rings (SSSR count). The summed E-state index contributed by atoms with van der Waals surface area (Å²) in [5.74, 6) is 0. The summed E-state index contributed by atoms with van der Waals surface area (Å²) >= 11 is 5.84. The fraction of sp³-hybridized carbons (Fsp3) is 0.231. The molecule has 1 aromatic rings. The number of amides is 1. The third-order valence-corrected chi connectivity index (χ3v) is 2.84. The molecule has 0 saturated heterocycles. The van der Waals surface area contributed by atoms with E-state index in [1.165, 1.54) is 6.08 Å². The number of hydrogen-bond donors (Lipinski definition) is 2. The maximum Gasteiger partial charge on any atom is 0.408 e. The average Bonchev–Trinajstić information content (AvgIpc) is 2.85. The van der Waals surface area contributed by atoms with Gasteiger partial charge in [-0.2, -0.15) is 5.10 Å². The molecule has 100 valence electrons. The highest BCUT2D eigenvalue weighted by Crippen LogP contribution is 2.13. The fourth-order valence-electron chi connectivity index (χ4n) is 1.72. The van der Waals surface area contributed by atoms with Gasteiger partial charge < -0.3 is 15.5 Å². The number of halogens is 1. The van der Waals surface area contributed by atoms with Crippen LogP contribution in [0.25, 0.3) is 0 Å². The molecule has 1 amide bonds. The third kappa shape index (κ3) is 3.48. The largest absolute Gasteiger partial charge is 0.445 e. The molecule has 1 aliphatic heterocycles. The zero-order valence-corrected chi connectivity index (χ0v) is 11.0. The van der Waals surface area contributed by atoms with Crippen LogP contribution >= 0.6 is 11.6 Å². The Morgan fingerprint density at radius 3 is 3.00 bits per heavy atom. The Balaban J connectivity index is 2.02. The van der Waals surface area contributed by atoms with Crippen LogP contribution in [0.15, 0.2) is 42.0 Å². The first-order chi connectivity index (χ1) is 9.20. The van der Waals surface area contributed by atoms with E-state index in [0.29, 0.717) is 11.6 Å². The number of hydrogen-bond acceptors (Lipinski definition) is 4. The summed E-state index contributed by atoms with van der Waals surface area (Å²) in [5, 5.41) is 7.58. The lowest BCUT2D eigenvalue weighted by Gasteiger charge is -2.14. The summed E-state index contributed by atoms with van der Waals surface area (Å²) < 4.78 is 4.88. The molecule has 1 heterocycles. The summed E-state index contributed by atoms with van der Waals surface area (Å²) in [6.07, 6.45) is 1.02. The first-order valence-corrected chi connectivity index (χ1v) is 6.19. The topological polar surface area (TPSA) is 62.7 Å². The van der Waals surface area contributed by atoms with Crippen molar-refractivity contribution in [2.45, 2.75) is 6.04 Å². The summed E-state index contributed by atoms with van der Waals surface area (Å²) in [6, 6.07) is 7.06. The zero-order chi connectivity index (χ0) is 13.7. The highest BCUT2D eigenvalue weighted by Gasteiger charge is 2.24. The zero-order valence-electron chi connectivity index (χ0n) is 10.2. The summed E-state index contributed by atoms with van der Waals surface area (Å²) in [5.41, 5.74) is 4.52. The van der Waals surface area contributed by atoms with Gasteiger partial charge in [0.1, 0.15) is 6.61 Å². The molecule has 0 fully saturated rings. The minimum Gasteiger partial charge on any atom is -0.445 e. The lowest BCUT2D eigenvalue weighted by atomic mass is 10.0. The molecule has 0 aromatic heterocycles. The van der Waals surface area contributed by atoms with Gasteiger partial charge in [0, 0.05) is 10.6 Å². The van der Waals surface area contributed by atoms with E-state index in [0.717, 1.165) is 11.3 Å². The lowest BCUT2D eigenvalue weighted by Crippen LogP contribution is -2.42. The van der Waals surface area contributed by atoms with Crippen LogP contribution in [0.2, 0.25) is 5.02 Å². The standard InChI is InChI=1S/C13H14ClN3O2/c1-2-7-19-13(18)16-11-8-15-17-12(11)9-3-5-10(14)6-4-9/h2-6,11,15H,1,7-8H2,(H,16,18). The number of hydrazone groups is 1. The predicted octanol–water partition coefficient (Wildman–Crippen LogP) is 1.93. The number of nitrogens with one attached hydrogen (secondary N) is 2. The molecule has 1 atom stereocenters. The lowest BCUT2D eigenvalue weighted by molar-refractivity contribution is 0.157. The molecule has 1 aliphatic rings. The second-order valence-electron chi connectivity index (χ2n) is 3.95. The van der Waals surface area contributed by atoms with E-state index in [4.69, 9.17) is 16.3 Å². The quantitative estimate of drug-likeness (QED) is 0.828. The molecule has 5 nitrogen and oxygen atoms in total. The number of nitrogens with zero attached hydrogens (tertiary/aromatic N) is 1. The Morgan fingerprint density at radius 1 is 1.58 bits per heavy atom. The van der Waals surface area contributed by atoms with Crippen molar-refractivity contribution in [2.24, 2.45) is 5.10 Å². The molecule has 0 aliphatic carbocycles. The van der Waals surface area contributed by atoms with Gasteiger partial charge in [-0.1, -0.05) is 36.4 Å². The predicted molar refractivity (Wildman–Crippen MR) is 74.5 cm³/mol. The van der Waals surface area contributed by atoms with E-state index in [-0.39, 0.29) is 12.6 Å². The van der Waals surface area contributed by atoms with Gasteiger partial charge in [-0.25, -0.2) is 4.79 Å². The molecule has 2 N–H and O–H groups in total. The molecule has 0 bridgehead atoms. The first kappa shape index (κ1) is 13.4. The van der Waals surface area contributed by atoms with Crippen molar-refractivity contribution in [1.82, 2.24) is 10.7 Å². The molecular weight excluding hydrogens is 266 g/mol. The Kier molecular flexibility index (Phi) is 4.41. The van der Waals surface area contributed by atoms with E-state index in [1.807, 2.05) is 12.1 Å². The maximum absolute atomic E-state index is 11.5. The van der Waals surface area contributed by atoms with E-state index in [2.05, 4.69) is 22.4 Å². The summed E-state index contributed by atoms with van der Waals surface area (Å²) in [4.78, 5) is 11.5. The minimum atomic E-state index is -0.490. The van der Waals surface area contributed by atoms with Crippen molar-refractivity contribution >= 4 is 23.4 Å². The second-order valence-corrected chi connectivity index (χ2v) is 4.39. The Hall–Kier alpha value is -2.01. The number of benzene rings is 1. The molecular formula is C13H14ClN3O2. The maximum atomic E-state index is 11.5. The molecule has 0 spiro atoms. The van der Waals surface area contributed by atoms with Gasteiger partial charge in [0.2, 0.25) is 0 Å². The van der Waals surface area contributed by atoms with Crippen molar-refractivity contribution in [3.05, 3.63) is 47.5 Å². The van der Waals surface area contributed by atoms with E-state index < -0.39 is 6.09 Å². The number of alkyl carbamates (subject to hydrolysis) is 1. The van der Waals surface area contributed by atoms with Crippen LogP contribution in [-0.2, 0) is 4.74 Å². The van der Waals surface area contributed by atoms with E-state index in [1.54, 1.807) is 12.1 Å². The summed E-state index contributed by atoms with van der Waals surface area (Å²) in [6.45, 7) is 4.19. The monoisotopic (exact) mass is 279 g/mol. The molecule has 19 heavy (non-hydrogen) atoms. The van der Waals surface area contributed by atoms with Gasteiger partial charge >= 0.3 is 6.09 Å². The van der Waals surface area contributed by atoms with Crippen molar-refractivity contribution in [1.29, 1.82) is 0 Å². The van der Waals surface area contributed by atoms with Crippen molar-refractivity contribution in [3.63, 3.8) is 0 Å².